The number of hydrogen-bond acceptors (Lipinski definition) is 3. The third-order valence-corrected chi connectivity index (χ3v) is 5.16. The van der Waals surface area contributed by atoms with Gasteiger partial charge >= 0.3 is 6.09 Å². The molecule has 1 fully saturated rings. The van der Waals surface area contributed by atoms with Gasteiger partial charge in [-0.05, 0) is 50.7 Å². The zero-order chi connectivity index (χ0) is 16.9. The van der Waals surface area contributed by atoms with E-state index < -0.39 is 6.09 Å². The molecule has 124 valence electrons. The second kappa shape index (κ2) is 5.15. The minimum absolute atomic E-state index is 0.312. The van der Waals surface area contributed by atoms with Gasteiger partial charge in [0.2, 0.25) is 0 Å². The molecule has 23 heavy (non-hydrogen) atoms. The average molecular weight is 316 g/mol. The summed E-state index contributed by atoms with van der Waals surface area (Å²) in [6.45, 7) is 6.58. The highest BCUT2D eigenvalue weighted by atomic mass is 16.4. The summed E-state index contributed by atoms with van der Waals surface area (Å²) in [6.07, 6.45) is 4.61. The van der Waals surface area contributed by atoms with Crippen LogP contribution in [0.15, 0.2) is 12.4 Å². The maximum absolute atomic E-state index is 11.4. The van der Waals surface area contributed by atoms with Crippen LogP contribution in [-0.4, -0.2) is 37.7 Å². The van der Waals surface area contributed by atoms with Crippen molar-refractivity contribution in [3.63, 3.8) is 0 Å². The van der Waals surface area contributed by atoms with E-state index in [1.165, 1.54) is 5.56 Å². The van der Waals surface area contributed by atoms with Crippen LogP contribution in [0.3, 0.4) is 0 Å². The van der Waals surface area contributed by atoms with E-state index in [2.05, 4.69) is 11.2 Å². The molecule has 3 rings (SSSR count). The van der Waals surface area contributed by atoms with E-state index in [1.54, 1.807) is 11.1 Å². The number of fused-ring (bicyclic) bond motifs is 1. The van der Waals surface area contributed by atoms with E-state index in [1.807, 2.05) is 32.4 Å². The van der Waals surface area contributed by atoms with Crippen LogP contribution in [0.5, 0.6) is 0 Å². The van der Waals surface area contributed by atoms with Gasteiger partial charge in [-0.1, -0.05) is 0 Å². The third kappa shape index (κ3) is 2.42. The van der Waals surface area contributed by atoms with Crippen LogP contribution in [0, 0.1) is 6.92 Å². The van der Waals surface area contributed by atoms with Gasteiger partial charge in [0.25, 0.3) is 0 Å². The Balaban J connectivity index is 2.05. The molecule has 1 aliphatic rings. The van der Waals surface area contributed by atoms with Crippen molar-refractivity contribution in [1.29, 1.82) is 0 Å². The number of amides is 1. The van der Waals surface area contributed by atoms with Gasteiger partial charge in [0.05, 0.1) is 11.9 Å². The first-order valence-electron chi connectivity index (χ1n) is 7.93. The molecule has 6 heteroatoms. The van der Waals surface area contributed by atoms with E-state index in [4.69, 9.17) is 5.73 Å². The summed E-state index contributed by atoms with van der Waals surface area (Å²) in [7, 11) is 1.99. The quantitative estimate of drug-likeness (QED) is 0.846. The number of carboxylic acid groups (broad SMARTS) is 1. The predicted molar refractivity (Wildman–Crippen MR) is 90.6 cm³/mol. The molecule has 0 spiro atoms. The monoisotopic (exact) mass is 316 g/mol. The van der Waals surface area contributed by atoms with Crippen molar-refractivity contribution in [2.75, 3.05) is 12.3 Å². The first kappa shape index (κ1) is 15.6. The summed E-state index contributed by atoms with van der Waals surface area (Å²) >= 11 is 0. The fourth-order valence-corrected chi connectivity index (χ4v) is 3.88. The largest absolute Gasteiger partial charge is 0.465 e. The molecule has 1 atom stereocenters. The fourth-order valence-electron chi connectivity index (χ4n) is 3.88. The summed E-state index contributed by atoms with van der Waals surface area (Å²) in [6, 6.07) is 0. The molecule has 2 aromatic heterocycles. The number of piperidine rings is 1. The van der Waals surface area contributed by atoms with Crippen molar-refractivity contribution in [2.24, 2.45) is 7.05 Å². The average Bonchev–Trinajstić information content (AvgIpc) is 2.79. The lowest BCUT2D eigenvalue weighted by atomic mass is 9.79. The molecular weight excluding hydrogens is 292 g/mol. The maximum atomic E-state index is 11.4. The molecule has 3 heterocycles. The number of nitrogen functional groups attached to an aromatic ring is 1. The van der Waals surface area contributed by atoms with E-state index in [9.17, 15) is 9.90 Å². The summed E-state index contributed by atoms with van der Waals surface area (Å²) in [5.41, 5.74) is 9.60. The molecule has 3 N–H and O–H groups in total. The van der Waals surface area contributed by atoms with E-state index in [0.29, 0.717) is 18.2 Å². The van der Waals surface area contributed by atoms with E-state index in [-0.39, 0.29) is 5.54 Å². The number of aromatic nitrogens is 2. The number of anilines is 1. The van der Waals surface area contributed by atoms with Crippen molar-refractivity contribution in [2.45, 2.75) is 45.1 Å². The Morgan fingerprint density at radius 3 is 2.78 bits per heavy atom. The highest BCUT2D eigenvalue weighted by Crippen LogP contribution is 2.41. The van der Waals surface area contributed by atoms with Crippen LogP contribution in [-0.2, 0) is 7.05 Å². The van der Waals surface area contributed by atoms with Gasteiger partial charge in [0.1, 0.15) is 5.65 Å². The highest BCUT2D eigenvalue weighted by Gasteiger charge is 2.39. The van der Waals surface area contributed by atoms with Crippen LogP contribution in [0.1, 0.15) is 43.7 Å². The number of likely N-dealkylation sites (tertiary alicyclic amines) is 1. The molecule has 0 aliphatic carbocycles. The standard InChI is InChI=1S/C17H24N4O2/c1-10-13(18)8-19-15-14(10)12(9-20(15)4)11-5-6-21(16(22)23)17(2,3)7-11/h8-9,11H,5-7,18H2,1-4H3,(H,22,23)/t11-/m0/s1. The normalized spacial score (nSPS) is 20.9. The molecule has 6 nitrogen and oxygen atoms in total. The maximum Gasteiger partial charge on any atom is 0.407 e. The van der Waals surface area contributed by atoms with Crippen molar-refractivity contribution in [3.8, 4) is 0 Å². The molecule has 0 radical (unpaired) electrons. The smallest absolute Gasteiger partial charge is 0.407 e. The second-order valence-corrected chi connectivity index (χ2v) is 7.17. The number of rotatable bonds is 1. The third-order valence-electron chi connectivity index (χ3n) is 5.16. The Morgan fingerprint density at radius 2 is 2.17 bits per heavy atom. The Morgan fingerprint density at radius 1 is 1.48 bits per heavy atom. The van der Waals surface area contributed by atoms with Crippen molar-refractivity contribution in [1.82, 2.24) is 14.5 Å². The summed E-state index contributed by atoms with van der Waals surface area (Å²) < 4.78 is 2.04. The summed E-state index contributed by atoms with van der Waals surface area (Å²) in [5.74, 6) is 0.312. The molecule has 1 saturated heterocycles. The Bertz CT molecular complexity index is 778. The predicted octanol–water partition coefficient (Wildman–Crippen LogP) is 3.10. The van der Waals surface area contributed by atoms with Crippen LogP contribution in [0.4, 0.5) is 10.5 Å². The molecular formula is C17H24N4O2. The van der Waals surface area contributed by atoms with E-state index >= 15 is 0 Å². The summed E-state index contributed by atoms with van der Waals surface area (Å²) in [5, 5.41) is 10.5. The van der Waals surface area contributed by atoms with Crippen LogP contribution < -0.4 is 5.73 Å². The molecule has 2 aromatic rings. The zero-order valence-electron chi connectivity index (χ0n) is 14.1. The van der Waals surface area contributed by atoms with Gasteiger partial charge in [-0.25, -0.2) is 9.78 Å². The Hall–Kier alpha value is -2.24. The molecule has 1 amide bonds. The second-order valence-electron chi connectivity index (χ2n) is 7.17. The van der Waals surface area contributed by atoms with Gasteiger partial charge in [-0.15, -0.1) is 0 Å². The first-order chi connectivity index (χ1) is 10.7. The lowest BCUT2D eigenvalue weighted by Gasteiger charge is -2.44. The number of nitrogens with two attached hydrogens (primary N) is 1. The van der Waals surface area contributed by atoms with Gasteiger partial charge in [0.15, 0.2) is 0 Å². The molecule has 0 bridgehead atoms. The Kier molecular flexibility index (Phi) is 3.50. The van der Waals surface area contributed by atoms with Gasteiger partial charge in [-0.2, -0.15) is 0 Å². The number of aryl methyl sites for hydroxylation is 2. The topological polar surface area (TPSA) is 84.4 Å². The number of nitrogens with zero attached hydrogens (tertiary/aromatic N) is 3. The van der Waals surface area contributed by atoms with Gasteiger partial charge in [-0.3, -0.25) is 0 Å². The van der Waals surface area contributed by atoms with Gasteiger partial charge < -0.3 is 20.3 Å². The lowest BCUT2D eigenvalue weighted by molar-refractivity contribution is 0.0608. The van der Waals surface area contributed by atoms with Crippen LogP contribution in [0.25, 0.3) is 11.0 Å². The fraction of sp³-hybridized carbons (Fsp3) is 0.529. The molecule has 1 aliphatic heterocycles. The lowest BCUT2D eigenvalue weighted by Crippen LogP contribution is -2.51. The van der Waals surface area contributed by atoms with Crippen LogP contribution >= 0.6 is 0 Å². The number of pyridine rings is 1. The Labute approximate surface area is 135 Å². The first-order valence-corrected chi connectivity index (χ1v) is 7.93. The zero-order valence-corrected chi connectivity index (χ0v) is 14.1. The SMILES string of the molecule is Cc1c(N)cnc2c1c([C@H]1CCN(C(=O)O)C(C)(C)C1)cn2C. The molecule has 0 aromatic carbocycles. The molecule has 0 saturated carbocycles. The minimum Gasteiger partial charge on any atom is -0.465 e. The van der Waals surface area contributed by atoms with E-state index in [0.717, 1.165) is 29.4 Å². The van der Waals surface area contributed by atoms with Crippen LogP contribution in [0.2, 0.25) is 0 Å². The van der Waals surface area contributed by atoms with Crippen molar-refractivity contribution in [3.05, 3.63) is 23.5 Å². The number of carbonyl (C=O) groups is 1. The molecule has 0 unspecified atom stereocenters. The minimum atomic E-state index is -0.839. The number of hydrogen-bond donors (Lipinski definition) is 2. The van der Waals surface area contributed by atoms with Gasteiger partial charge in [0, 0.05) is 30.7 Å². The van der Waals surface area contributed by atoms with Crippen molar-refractivity contribution < 1.29 is 9.90 Å². The highest BCUT2D eigenvalue weighted by molar-refractivity contribution is 5.88. The summed E-state index contributed by atoms with van der Waals surface area (Å²) in [4.78, 5) is 17.4. The van der Waals surface area contributed by atoms with Crippen molar-refractivity contribution >= 4 is 22.8 Å².